The zero-order chi connectivity index (χ0) is 21.3. The van der Waals surface area contributed by atoms with E-state index < -0.39 is 6.10 Å². The first kappa shape index (κ1) is 20.3. The molecule has 30 heavy (non-hydrogen) atoms. The minimum atomic E-state index is -0.664. The van der Waals surface area contributed by atoms with Gasteiger partial charge in [-0.15, -0.1) is 0 Å². The van der Waals surface area contributed by atoms with Gasteiger partial charge in [0, 0.05) is 23.6 Å². The number of aliphatic hydroxyl groups excluding tert-OH is 1. The third-order valence-electron chi connectivity index (χ3n) is 5.35. The second-order valence-electron chi connectivity index (χ2n) is 7.98. The zero-order valence-electron chi connectivity index (χ0n) is 17.0. The largest absolute Gasteiger partial charge is 0.462 e. The molecule has 1 N–H and O–H groups in total. The summed E-state index contributed by atoms with van der Waals surface area (Å²) in [5, 5.41) is 14.7. The van der Waals surface area contributed by atoms with Crippen LogP contribution in [0.3, 0.4) is 0 Å². The van der Waals surface area contributed by atoms with Crippen molar-refractivity contribution in [3.05, 3.63) is 59.7 Å². The Kier molecular flexibility index (Phi) is 5.72. The molecule has 0 bridgehead atoms. The first-order valence-electron chi connectivity index (χ1n) is 10.2. The van der Waals surface area contributed by atoms with Crippen LogP contribution in [0.25, 0.3) is 17.1 Å². The monoisotopic (exact) mass is 412 g/mol. The van der Waals surface area contributed by atoms with Gasteiger partial charge in [-0.05, 0) is 49.1 Å². The van der Waals surface area contributed by atoms with Gasteiger partial charge in [0.05, 0.1) is 30.2 Å². The van der Waals surface area contributed by atoms with Gasteiger partial charge in [-0.25, -0.2) is 4.39 Å². The summed E-state index contributed by atoms with van der Waals surface area (Å²) in [6.07, 6.45) is 2.23. The summed E-state index contributed by atoms with van der Waals surface area (Å²) in [6, 6.07) is 9.92. The lowest BCUT2D eigenvalue weighted by molar-refractivity contribution is -0.160. The average Bonchev–Trinajstić information content (AvgIpc) is 3.34. The Labute approximate surface area is 174 Å². The average molecular weight is 412 g/mol. The third kappa shape index (κ3) is 4.16. The van der Waals surface area contributed by atoms with Gasteiger partial charge >= 0.3 is 5.97 Å². The van der Waals surface area contributed by atoms with Gasteiger partial charge in [-0.3, -0.25) is 4.79 Å². The number of nitrogens with zero attached hydrogens (tertiary/aromatic N) is 2. The minimum Gasteiger partial charge on any atom is -0.462 e. The van der Waals surface area contributed by atoms with Crippen LogP contribution in [-0.2, 0) is 16.0 Å². The molecule has 0 unspecified atom stereocenters. The van der Waals surface area contributed by atoms with E-state index in [1.165, 1.54) is 12.1 Å². The van der Waals surface area contributed by atoms with Crippen molar-refractivity contribution in [2.75, 3.05) is 0 Å². The number of halogens is 1. The van der Waals surface area contributed by atoms with Crippen LogP contribution >= 0.6 is 0 Å². The second kappa shape index (κ2) is 8.44. The van der Waals surface area contributed by atoms with E-state index in [4.69, 9.17) is 14.3 Å². The summed E-state index contributed by atoms with van der Waals surface area (Å²) in [6.45, 7) is 4.13. The fraction of sp³-hybridized carbons (Fsp3) is 0.391. The van der Waals surface area contributed by atoms with Crippen molar-refractivity contribution in [3.63, 3.8) is 0 Å². The highest BCUT2D eigenvalue weighted by atomic mass is 19.1. The fourth-order valence-corrected chi connectivity index (χ4v) is 3.98. The van der Waals surface area contributed by atoms with Crippen LogP contribution in [0, 0.1) is 5.82 Å². The van der Waals surface area contributed by atoms with Crippen molar-refractivity contribution in [2.24, 2.45) is 0 Å². The molecule has 4 rings (SSSR count). The highest BCUT2D eigenvalue weighted by Crippen LogP contribution is 2.34. The number of furan rings is 1. The van der Waals surface area contributed by atoms with E-state index in [0.29, 0.717) is 25.1 Å². The van der Waals surface area contributed by atoms with Gasteiger partial charge in [0.25, 0.3) is 0 Å². The molecule has 1 fully saturated rings. The smallest absolute Gasteiger partial charge is 0.308 e. The van der Waals surface area contributed by atoms with Crippen LogP contribution in [-0.4, -0.2) is 33.1 Å². The summed E-state index contributed by atoms with van der Waals surface area (Å²) in [7, 11) is 0. The molecule has 6 nitrogen and oxygen atoms in total. The maximum Gasteiger partial charge on any atom is 0.308 e. The molecule has 1 aromatic carbocycles. The normalized spacial score (nSPS) is 19.3. The van der Waals surface area contributed by atoms with E-state index in [1.54, 1.807) is 29.1 Å². The van der Waals surface area contributed by atoms with E-state index in [9.17, 15) is 14.3 Å². The molecule has 2 aromatic heterocycles. The molecule has 3 aromatic rings. The third-order valence-corrected chi connectivity index (χ3v) is 5.35. The van der Waals surface area contributed by atoms with Crippen molar-refractivity contribution >= 4 is 5.97 Å². The molecule has 1 saturated heterocycles. The quantitative estimate of drug-likeness (QED) is 0.608. The van der Waals surface area contributed by atoms with Crippen molar-refractivity contribution in [2.45, 2.75) is 57.7 Å². The predicted octanol–water partition coefficient (Wildman–Crippen LogP) is 4.39. The number of rotatable bonds is 6. The van der Waals surface area contributed by atoms with Crippen LogP contribution in [0.15, 0.2) is 47.1 Å². The van der Waals surface area contributed by atoms with Crippen molar-refractivity contribution < 1.29 is 23.4 Å². The highest BCUT2D eigenvalue weighted by molar-refractivity contribution is 5.71. The van der Waals surface area contributed by atoms with E-state index in [1.807, 2.05) is 6.07 Å². The number of esters is 1. The van der Waals surface area contributed by atoms with Crippen LogP contribution < -0.4 is 0 Å². The van der Waals surface area contributed by atoms with Crippen LogP contribution in [0.2, 0.25) is 0 Å². The van der Waals surface area contributed by atoms with E-state index in [2.05, 4.69) is 13.8 Å². The van der Waals surface area contributed by atoms with Gasteiger partial charge < -0.3 is 14.3 Å². The number of cyclic esters (lactones) is 1. The number of carbonyl (C=O) groups is 1. The first-order chi connectivity index (χ1) is 14.4. The lowest BCUT2D eigenvalue weighted by Gasteiger charge is -2.26. The molecular weight excluding hydrogens is 387 g/mol. The fourth-order valence-electron chi connectivity index (χ4n) is 3.98. The number of hydrogen-bond donors (Lipinski definition) is 1. The van der Waals surface area contributed by atoms with Gasteiger partial charge in [0.2, 0.25) is 5.88 Å². The van der Waals surface area contributed by atoms with E-state index >= 15 is 0 Å². The molecule has 3 heterocycles. The molecule has 2 atom stereocenters. The topological polar surface area (TPSA) is 77.5 Å². The number of benzene rings is 1. The Bertz CT molecular complexity index is 1010. The maximum absolute atomic E-state index is 13.6. The molecule has 0 spiro atoms. The number of aromatic nitrogens is 2. The Balaban J connectivity index is 1.75. The lowest BCUT2D eigenvalue weighted by Crippen LogP contribution is -2.32. The molecule has 0 aliphatic carbocycles. The number of aliphatic hydroxyl groups is 1. The Morgan fingerprint density at radius 3 is 2.67 bits per heavy atom. The second-order valence-corrected chi connectivity index (χ2v) is 7.98. The summed E-state index contributed by atoms with van der Waals surface area (Å²) < 4.78 is 26.3. The minimum absolute atomic E-state index is 0.0466. The van der Waals surface area contributed by atoms with Gasteiger partial charge in [0.15, 0.2) is 0 Å². The summed E-state index contributed by atoms with van der Waals surface area (Å²) in [5.41, 5.74) is 3.57. The maximum atomic E-state index is 13.6. The van der Waals surface area contributed by atoms with Crippen LogP contribution in [0.1, 0.15) is 50.3 Å². The molecule has 7 heteroatoms. The van der Waals surface area contributed by atoms with E-state index in [-0.39, 0.29) is 30.2 Å². The van der Waals surface area contributed by atoms with Crippen LogP contribution in [0.4, 0.5) is 4.39 Å². The Hall–Kier alpha value is -2.93. The molecule has 1 aliphatic heterocycles. The summed E-state index contributed by atoms with van der Waals surface area (Å²) >= 11 is 0. The summed E-state index contributed by atoms with van der Waals surface area (Å²) in [4.78, 5) is 11.7. The van der Waals surface area contributed by atoms with Gasteiger partial charge in [0.1, 0.15) is 11.9 Å². The van der Waals surface area contributed by atoms with Gasteiger partial charge in [-0.1, -0.05) is 13.8 Å². The van der Waals surface area contributed by atoms with Crippen molar-refractivity contribution in [1.82, 2.24) is 9.78 Å². The number of ether oxygens (including phenoxy) is 1. The molecule has 0 saturated carbocycles. The summed E-state index contributed by atoms with van der Waals surface area (Å²) in [5.74, 6) is 0.0429. The first-order valence-corrected chi connectivity index (χ1v) is 10.2. The SMILES string of the molecule is CC(C)c1nn(-c2ccco2)c(-c2ccc(F)cc2)c1CC[C@H]1C[C@H](O)CC(=O)O1. The molecule has 0 radical (unpaired) electrons. The number of carbonyl (C=O) groups excluding carboxylic acids is 1. The van der Waals surface area contributed by atoms with E-state index in [0.717, 1.165) is 22.5 Å². The molecular formula is C23H25FN2O4. The predicted molar refractivity (Wildman–Crippen MR) is 109 cm³/mol. The Morgan fingerprint density at radius 1 is 1.27 bits per heavy atom. The Morgan fingerprint density at radius 2 is 2.03 bits per heavy atom. The molecule has 158 valence electrons. The number of hydrogen-bond acceptors (Lipinski definition) is 5. The lowest BCUT2D eigenvalue weighted by atomic mass is 9.93. The zero-order valence-corrected chi connectivity index (χ0v) is 17.0. The van der Waals surface area contributed by atoms with Crippen molar-refractivity contribution in [1.29, 1.82) is 0 Å². The molecule has 0 amide bonds. The highest BCUT2D eigenvalue weighted by Gasteiger charge is 2.29. The standard InChI is InChI=1S/C23H25FN2O4/c1-14(2)22-19(10-9-18-12-17(27)13-21(28)30-18)23(15-5-7-16(24)8-6-15)26(25-22)20-4-3-11-29-20/h3-8,11,14,17-18,27H,9-10,12-13H2,1-2H3/t17-,18-/m0/s1. The van der Waals surface area contributed by atoms with Crippen LogP contribution in [0.5, 0.6) is 0 Å². The molecule has 1 aliphatic rings. The van der Waals surface area contributed by atoms with Gasteiger partial charge in [-0.2, -0.15) is 9.78 Å². The van der Waals surface area contributed by atoms with Crippen molar-refractivity contribution in [3.8, 4) is 17.1 Å².